The van der Waals surface area contributed by atoms with E-state index in [-0.39, 0.29) is 5.48 Å². The van der Waals surface area contributed by atoms with Crippen LogP contribution in [0.25, 0.3) is 0 Å². The smallest absolute Gasteiger partial charge is 0.0755 e. The highest BCUT2D eigenvalue weighted by atomic mass is 16.0. The van der Waals surface area contributed by atoms with Crippen LogP contribution in [0.1, 0.15) is 52.4 Å². The van der Waals surface area contributed by atoms with Gasteiger partial charge in [0.05, 0.1) is 13.1 Å². The van der Waals surface area contributed by atoms with Crippen LogP contribution in [0, 0.1) is 0 Å². The molecule has 0 aromatic rings. The Hall–Kier alpha value is -0.0800. The van der Waals surface area contributed by atoms with Crippen LogP contribution in [-0.2, 0) is 0 Å². The van der Waals surface area contributed by atoms with Gasteiger partial charge in [-0.05, 0) is 25.7 Å². The number of hydrogen-bond donors (Lipinski definition) is 1. The Morgan fingerprint density at radius 2 is 1.17 bits per heavy atom. The molecule has 0 aromatic carbocycles. The molecule has 0 aliphatic heterocycles. The lowest BCUT2D eigenvalue weighted by Crippen LogP contribution is -2.84. The van der Waals surface area contributed by atoms with E-state index in [1.165, 1.54) is 51.6 Å². The molecule has 0 rings (SSSR count). The maximum atomic E-state index is 2.46. The highest BCUT2D eigenvalue weighted by molar-refractivity contribution is 4.34. The lowest BCUT2D eigenvalue weighted by Gasteiger charge is -1.99. The van der Waals surface area contributed by atoms with E-state index in [1.54, 1.807) is 0 Å². The van der Waals surface area contributed by atoms with Crippen molar-refractivity contribution in [1.29, 1.82) is 0 Å². The van der Waals surface area contributed by atoms with Crippen LogP contribution in [0.4, 0.5) is 0 Å². The summed E-state index contributed by atoms with van der Waals surface area (Å²) in [5.74, 6) is 0. The molecule has 2 nitrogen and oxygen atoms in total. The topological polar surface area (TPSA) is 46.6 Å². The molecule has 0 unspecified atom stereocenters. The van der Waals surface area contributed by atoms with E-state index in [9.17, 15) is 0 Å². The van der Waals surface area contributed by atoms with Crippen LogP contribution in [-0.4, -0.2) is 18.6 Å². The minimum Gasteiger partial charge on any atom is -0.870 e. The molecule has 0 radical (unpaired) electrons. The van der Waals surface area contributed by atoms with E-state index in [4.69, 9.17) is 0 Å². The Bertz CT molecular complexity index is 58.9. The summed E-state index contributed by atoms with van der Waals surface area (Å²) in [7, 11) is 0. The monoisotopic (exact) mass is 175 g/mol. The van der Waals surface area contributed by atoms with Gasteiger partial charge in [-0.1, -0.05) is 26.7 Å². The number of hydrogen-bond acceptors (Lipinski definition) is 1. The van der Waals surface area contributed by atoms with Gasteiger partial charge in [0, 0.05) is 0 Å². The highest BCUT2D eigenvalue weighted by Crippen LogP contribution is 1.90. The second kappa shape index (κ2) is 13.5. The molecule has 0 aliphatic rings. The average Bonchev–Trinajstić information content (AvgIpc) is 2.03. The molecule has 0 aliphatic carbocycles. The molecule has 2 heteroatoms. The van der Waals surface area contributed by atoms with Crippen LogP contribution in [0.5, 0.6) is 0 Å². The molecular weight excluding hydrogens is 150 g/mol. The van der Waals surface area contributed by atoms with Gasteiger partial charge in [-0.3, -0.25) is 0 Å². The fourth-order valence-electron chi connectivity index (χ4n) is 1.22. The van der Waals surface area contributed by atoms with Crippen LogP contribution in [0.3, 0.4) is 0 Å². The van der Waals surface area contributed by atoms with Crippen molar-refractivity contribution in [3.8, 4) is 0 Å². The summed E-state index contributed by atoms with van der Waals surface area (Å²) in [5.41, 5.74) is 0. The third kappa shape index (κ3) is 12.6. The first-order chi connectivity index (χ1) is 5.41. The maximum Gasteiger partial charge on any atom is 0.0755 e. The minimum absolute atomic E-state index is 0. The van der Waals surface area contributed by atoms with Crippen LogP contribution >= 0.6 is 0 Å². The van der Waals surface area contributed by atoms with Gasteiger partial charge in [-0.2, -0.15) is 0 Å². The summed E-state index contributed by atoms with van der Waals surface area (Å²) in [6.45, 7) is 7.21. The number of nitrogens with two attached hydrogens (primary N) is 1. The highest BCUT2D eigenvalue weighted by Gasteiger charge is 1.90. The molecule has 0 fully saturated rings. The van der Waals surface area contributed by atoms with Crippen molar-refractivity contribution in [1.82, 2.24) is 0 Å². The van der Waals surface area contributed by atoms with Crippen molar-refractivity contribution in [3.05, 3.63) is 0 Å². The normalized spacial score (nSPS) is 9.50. The van der Waals surface area contributed by atoms with Crippen molar-refractivity contribution >= 4 is 0 Å². The molecule has 0 saturated heterocycles. The maximum absolute atomic E-state index is 2.46. The molecule has 0 aromatic heterocycles. The largest absolute Gasteiger partial charge is 0.870 e. The third-order valence-corrected chi connectivity index (χ3v) is 2.02. The predicted octanol–water partition coefficient (Wildman–Crippen LogP) is 1.75. The fraction of sp³-hybridized carbons (Fsp3) is 1.00. The van der Waals surface area contributed by atoms with Crippen LogP contribution in [0.15, 0.2) is 0 Å². The molecule has 0 saturated carbocycles. The van der Waals surface area contributed by atoms with Crippen molar-refractivity contribution in [2.24, 2.45) is 0 Å². The summed E-state index contributed by atoms with van der Waals surface area (Å²) in [6, 6.07) is 0. The van der Waals surface area contributed by atoms with Crippen molar-refractivity contribution < 1.29 is 10.8 Å². The fourth-order valence-corrected chi connectivity index (χ4v) is 1.22. The van der Waals surface area contributed by atoms with Gasteiger partial charge in [0.2, 0.25) is 0 Å². The zero-order valence-electron chi connectivity index (χ0n) is 8.68. The standard InChI is InChI=1S/C10H23N.H2O/c1-3-5-7-9-11-10-8-6-4-2;/h11H,3-10H2,1-2H3;1H2. The molecule has 0 heterocycles. The summed E-state index contributed by atoms with van der Waals surface area (Å²) < 4.78 is 0. The summed E-state index contributed by atoms with van der Waals surface area (Å²) in [6.07, 6.45) is 8.32. The van der Waals surface area contributed by atoms with Gasteiger partial charge in [-0.25, -0.2) is 0 Å². The van der Waals surface area contributed by atoms with Crippen molar-refractivity contribution in [3.63, 3.8) is 0 Å². The summed E-state index contributed by atoms with van der Waals surface area (Å²) in [4.78, 5) is 0. The van der Waals surface area contributed by atoms with E-state index >= 15 is 0 Å². The average molecular weight is 175 g/mol. The first-order valence-electron chi connectivity index (χ1n) is 5.23. The second-order valence-electron chi connectivity index (χ2n) is 3.28. The molecule has 0 bridgehead atoms. The van der Waals surface area contributed by atoms with Gasteiger partial charge in [-0.15, -0.1) is 0 Å². The molecular formula is C10H25NO. The number of rotatable bonds is 8. The predicted molar refractivity (Wildman–Crippen MR) is 52.6 cm³/mol. The van der Waals surface area contributed by atoms with E-state index in [2.05, 4.69) is 19.2 Å². The van der Waals surface area contributed by atoms with Crippen LogP contribution in [0.2, 0.25) is 0 Å². The minimum atomic E-state index is 0. The summed E-state index contributed by atoms with van der Waals surface area (Å²) >= 11 is 0. The number of quaternary nitrogens is 1. The van der Waals surface area contributed by atoms with E-state index in [0.29, 0.717) is 0 Å². The van der Waals surface area contributed by atoms with E-state index < -0.39 is 0 Å². The summed E-state index contributed by atoms with van der Waals surface area (Å²) in [5, 5.41) is 2.46. The Kier molecular flexibility index (Phi) is 16.3. The second-order valence-corrected chi connectivity index (χ2v) is 3.28. The van der Waals surface area contributed by atoms with E-state index in [0.717, 1.165) is 0 Å². The third-order valence-electron chi connectivity index (χ3n) is 2.02. The Balaban J connectivity index is 0. The van der Waals surface area contributed by atoms with Crippen LogP contribution < -0.4 is 5.32 Å². The zero-order chi connectivity index (χ0) is 8.36. The quantitative estimate of drug-likeness (QED) is 0.561. The SMILES string of the molecule is CCCCC[NH2+]CCCCC.[OH-]. The van der Waals surface area contributed by atoms with Gasteiger partial charge in [0.25, 0.3) is 0 Å². The Morgan fingerprint density at radius 3 is 1.50 bits per heavy atom. The number of unbranched alkanes of at least 4 members (excludes halogenated alkanes) is 4. The molecule has 12 heavy (non-hydrogen) atoms. The molecule has 0 atom stereocenters. The zero-order valence-corrected chi connectivity index (χ0v) is 8.68. The lowest BCUT2D eigenvalue weighted by molar-refractivity contribution is -0.655. The van der Waals surface area contributed by atoms with Gasteiger partial charge < -0.3 is 10.8 Å². The molecule has 0 spiro atoms. The van der Waals surface area contributed by atoms with E-state index in [1.807, 2.05) is 0 Å². The lowest BCUT2D eigenvalue weighted by atomic mass is 10.2. The van der Waals surface area contributed by atoms with Gasteiger partial charge >= 0.3 is 0 Å². The molecule has 3 N–H and O–H groups in total. The first kappa shape index (κ1) is 14.4. The molecule has 0 amide bonds. The first-order valence-corrected chi connectivity index (χ1v) is 5.23. The Morgan fingerprint density at radius 1 is 0.750 bits per heavy atom. The van der Waals surface area contributed by atoms with Crippen molar-refractivity contribution in [2.75, 3.05) is 13.1 Å². The Labute approximate surface area is 77.1 Å². The van der Waals surface area contributed by atoms with Gasteiger partial charge in [0.1, 0.15) is 0 Å². The van der Waals surface area contributed by atoms with Gasteiger partial charge in [0.15, 0.2) is 0 Å². The molecule has 76 valence electrons. The van der Waals surface area contributed by atoms with Crippen molar-refractivity contribution in [2.45, 2.75) is 52.4 Å².